The summed E-state index contributed by atoms with van der Waals surface area (Å²) in [6.45, 7) is 1.38. The maximum Gasteiger partial charge on any atom is 0.155 e. The predicted octanol–water partition coefficient (Wildman–Crippen LogP) is 2.98. The third-order valence-corrected chi connectivity index (χ3v) is 4.30. The smallest absolute Gasteiger partial charge is 0.155 e. The number of aromatic nitrogens is 2. The number of hydrogen-bond donors (Lipinski definition) is 1. The first-order valence-electron chi connectivity index (χ1n) is 8.61. The quantitative estimate of drug-likeness (QED) is 0.435. The van der Waals surface area contributed by atoms with Crippen LogP contribution in [0, 0.1) is 0 Å². The highest BCUT2D eigenvalue weighted by Gasteiger charge is 2.10. The molecule has 0 aliphatic rings. The van der Waals surface area contributed by atoms with E-state index in [9.17, 15) is 5.21 Å². The Labute approximate surface area is 155 Å². The second kappa shape index (κ2) is 7.13. The third-order valence-electron chi connectivity index (χ3n) is 4.30. The molecule has 7 heteroatoms. The third kappa shape index (κ3) is 3.50. The van der Waals surface area contributed by atoms with Crippen LogP contribution in [0.4, 0.5) is 0 Å². The first-order valence-corrected chi connectivity index (χ1v) is 8.61. The van der Waals surface area contributed by atoms with E-state index in [1.807, 2.05) is 66.0 Å². The molecule has 4 aromatic rings. The van der Waals surface area contributed by atoms with E-state index in [0.29, 0.717) is 40.1 Å². The molecule has 0 saturated carbocycles. The molecule has 3 aromatic heterocycles. The van der Waals surface area contributed by atoms with E-state index >= 15 is 0 Å². The predicted molar refractivity (Wildman–Crippen MR) is 102 cm³/mol. The van der Waals surface area contributed by atoms with Gasteiger partial charge in [-0.15, -0.1) is 0 Å². The average Bonchev–Trinajstić information content (AvgIpc) is 3.14. The van der Waals surface area contributed by atoms with E-state index in [1.165, 1.54) is 0 Å². The molecule has 0 amide bonds. The molecule has 0 saturated heterocycles. The lowest BCUT2D eigenvalue weighted by Gasteiger charge is -2.11. The number of fused-ring (bicyclic) bond motifs is 2. The summed E-state index contributed by atoms with van der Waals surface area (Å²) in [4.78, 5) is 6.47. The second-order valence-corrected chi connectivity index (χ2v) is 6.52. The van der Waals surface area contributed by atoms with Crippen molar-refractivity contribution in [2.75, 3.05) is 27.2 Å². The van der Waals surface area contributed by atoms with Crippen LogP contribution in [0.25, 0.3) is 27.9 Å². The number of benzene rings is 1. The molecule has 0 fully saturated rings. The highest BCUT2D eigenvalue weighted by Crippen LogP contribution is 2.24. The first-order chi connectivity index (χ1) is 13.1. The molecule has 0 spiro atoms. The van der Waals surface area contributed by atoms with Gasteiger partial charge in [0.2, 0.25) is 0 Å². The highest BCUT2D eigenvalue weighted by atomic mass is 16.5. The lowest BCUT2D eigenvalue weighted by Crippen LogP contribution is -2.19. The van der Waals surface area contributed by atoms with Crippen LogP contribution in [0.15, 0.2) is 64.6 Å². The summed E-state index contributed by atoms with van der Waals surface area (Å²) in [5.41, 5.74) is 2.26. The van der Waals surface area contributed by atoms with Gasteiger partial charge in [0.1, 0.15) is 29.0 Å². The minimum absolute atomic E-state index is 0.404. The molecule has 138 valence electrons. The zero-order valence-electron chi connectivity index (χ0n) is 15.2. The van der Waals surface area contributed by atoms with Crippen LogP contribution in [-0.2, 0) is 0 Å². The van der Waals surface area contributed by atoms with Crippen molar-refractivity contribution in [1.82, 2.24) is 14.3 Å². The van der Waals surface area contributed by atoms with Gasteiger partial charge in [-0.25, -0.2) is 4.98 Å². The van der Waals surface area contributed by atoms with Gasteiger partial charge in [0, 0.05) is 24.3 Å². The van der Waals surface area contributed by atoms with Crippen LogP contribution in [0.1, 0.15) is 0 Å². The molecule has 1 N–H and O–H groups in total. The molecular formula is C20H20N4O3. The van der Waals surface area contributed by atoms with Gasteiger partial charge in [0.05, 0.1) is 11.7 Å². The first kappa shape index (κ1) is 17.1. The maximum absolute atomic E-state index is 9.50. The molecule has 1 aromatic carbocycles. The van der Waals surface area contributed by atoms with E-state index in [-0.39, 0.29) is 0 Å². The Kier molecular flexibility index (Phi) is 4.52. The Morgan fingerprint density at radius 3 is 2.93 bits per heavy atom. The van der Waals surface area contributed by atoms with Gasteiger partial charge in [0.15, 0.2) is 5.76 Å². The number of ether oxygens (including phenoxy) is 1. The van der Waals surface area contributed by atoms with Crippen molar-refractivity contribution in [2.24, 2.45) is 5.16 Å². The highest BCUT2D eigenvalue weighted by molar-refractivity contribution is 5.80. The lowest BCUT2D eigenvalue weighted by molar-refractivity contribution is 0.261. The molecule has 0 atom stereocenters. The lowest BCUT2D eigenvalue weighted by atomic mass is 10.2. The summed E-state index contributed by atoms with van der Waals surface area (Å²) in [7, 11) is 3.98. The normalized spacial score (nSPS) is 12.3. The molecule has 0 bridgehead atoms. The number of hydrogen-bond acceptors (Lipinski definition) is 6. The summed E-state index contributed by atoms with van der Waals surface area (Å²) in [6, 6.07) is 13.0. The molecule has 27 heavy (non-hydrogen) atoms. The van der Waals surface area contributed by atoms with Gasteiger partial charge in [0.25, 0.3) is 0 Å². The zero-order valence-corrected chi connectivity index (χ0v) is 15.2. The molecule has 0 unspecified atom stereocenters. The van der Waals surface area contributed by atoms with Gasteiger partial charge in [-0.1, -0.05) is 5.16 Å². The van der Waals surface area contributed by atoms with Crippen LogP contribution in [0.5, 0.6) is 5.75 Å². The molecule has 7 nitrogen and oxygen atoms in total. The van der Waals surface area contributed by atoms with Gasteiger partial charge in [-0.3, -0.25) is 0 Å². The van der Waals surface area contributed by atoms with Crippen LogP contribution >= 0.6 is 0 Å². The van der Waals surface area contributed by atoms with E-state index in [1.54, 1.807) is 12.4 Å². The number of nitrogens with zero attached hydrogens (tertiary/aromatic N) is 4. The van der Waals surface area contributed by atoms with E-state index < -0.39 is 0 Å². The Morgan fingerprint density at radius 1 is 1.22 bits per heavy atom. The maximum atomic E-state index is 9.50. The minimum Gasteiger partial charge on any atom is -0.492 e. The minimum atomic E-state index is 0.404. The standard InChI is InChI=1S/C20H20N4O3/c1-23(2)8-9-26-15-5-6-19-16(11-15)17(22-25)12-20(27-19)18-10-14-4-3-7-24(14)13-21-18/h3-7,10-13,25H,8-9H2,1-2H3/b22-17-. The second-order valence-electron chi connectivity index (χ2n) is 6.52. The van der Waals surface area contributed by atoms with Crippen LogP contribution in [-0.4, -0.2) is 46.7 Å². The molecule has 3 heterocycles. The summed E-state index contributed by atoms with van der Waals surface area (Å²) in [5.74, 6) is 1.23. The number of rotatable bonds is 5. The Morgan fingerprint density at radius 2 is 2.11 bits per heavy atom. The SMILES string of the molecule is CN(C)CCOc1ccc2oc(-c3cc4cccn4cn3)c/c(=N/O)c2c1. The van der Waals surface area contributed by atoms with Crippen molar-refractivity contribution in [3.05, 3.63) is 60.3 Å². The van der Waals surface area contributed by atoms with E-state index in [0.717, 1.165) is 12.1 Å². The Balaban J connectivity index is 1.74. The largest absolute Gasteiger partial charge is 0.492 e. The van der Waals surface area contributed by atoms with Crippen molar-refractivity contribution >= 4 is 16.5 Å². The van der Waals surface area contributed by atoms with Crippen LogP contribution < -0.4 is 10.1 Å². The Hall–Kier alpha value is -3.32. The van der Waals surface area contributed by atoms with Gasteiger partial charge in [-0.05, 0) is 50.5 Å². The summed E-state index contributed by atoms with van der Waals surface area (Å²) < 4.78 is 13.7. The van der Waals surface area contributed by atoms with Gasteiger partial charge in [-0.2, -0.15) is 0 Å². The Bertz CT molecular complexity index is 1160. The zero-order chi connectivity index (χ0) is 18.8. The fourth-order valence-electron chi connectivity index (χ4n) is 2.86. The van der Waals surface area contributed by atoms with E-state index in [2.05, 4.69) is 10.1 Å². The van der Waals surface area contributed by atoms with Crippen molar-refractivity contribution < 1.29 is 14.4 Å². The monoisotopic (exact) mass is 364 g/mol. The van der Waals surface area contributed by atoms with Crippen molar-refractivity contribution in [2.45, 2.75) is 0 Å². The fraction of sp³-hybridized carbons (Fsp3) is 0.200. The molecule has 0 aliphatic carbocycles. The molecule has 0 radical (unpaired) electrons. The van der Waals surface area contributed by atoms with Crippen LogP contribution in [0.3, 0.4) is 0 Å². The van der Waals surface area contributed by atoms with Crippen LogP contribution in [0.2, 0.25) is 0 Å². The fourth-order valence-corrected chi connectivity index (χ4v) is 2.86. The molecule has 4 rings (SSSR count). The molecule has 0 aliphatic heterocycles. The van der Waals surface area contributed by atoms with Crippen molar-refractivity contribution in [3.8, 4) is 17.2 Å². The van der Waals surface area contributed by atoms with Crippen molar-refractivity contribution in [3.63, 3.8) is 0 Å². The van der Waals surface area contributed by atoms with Gasteiger partial charge < -0.3 is 23.7 Å². The van der Waals surface area contributed by atoms with Crippen molar-refractivity contribution in [1.29, 1.82) is 0 Å². The summed E-state index contributed by atoms with van der Waals surface area (Å²) >= 11 is 0. The average molecular weight is 364 g/mol. The topological polar surface area (TPSA) is 75.5 Å². The number of likely N-dealkylation sites (N-methyl/N-ethyl adjacent to an activating group) is 1. The summed E-state index contributed by atoms with van der Waals surface area (Å²) in [5, 5.41) is 14.0. The summed E-state index contributed by atoms with van der Waals surface area (Å²) in [6.07, 6.45) is 3.65. The van der Waals surface area contributed by atoms with Gasteiger partial charge >= 0.3 is 0 Å². The molecular weight excluding hydrogens is 344 g/mol. The van der Waals surface area contributed by atoms with E-state index in [4.69, 9.17) is 9.15 Å².